The van der Waals surface area contributed by atoms with Crippen LogP contribution in [0.2, 0.25) is 0 Å². The average molecular weight is 338 g/mol. The second kappa shape index (κ2) is 6.91. The first-order chi connectivity index (χ1) is 10.8. The van der Waals surface area contributed by atoms with Crippen LogP contribution in [0.4, 0.5) is 11.4 Å². The maximum Gasteiger partial charge on any atom is 0.271 e. The Balaban J connectivity index is 2.37. The number of hydrogen-bond donors (Lipinski definition) is 0. The molecule has 2 rings (SSSR count). The van der Waals surface area contributed by atoms with E-state index in [1.54, 1.807) is 6.07 Å². The molecule has 0 saturated carbocycles. The average Bonchev–Trinajstić information content (AvgIpc) is 2.85. The molecule has 1 amide bonds. The van der Waals surface area contributed by atoms with Crippen molar-refractivity contribution in [1.29, 1.82) is 0 Å². The summed E-state index contributed by atoms with van der Waals surface area (Å²) < 4.78 is 23.3. The molecule has 1 aliphatic rings. The lowest BCUT2D eigenvalue weighted by Crippen LogP contribution is -2.41. The molecule has 23 heavy (non-hydrogen) atoms. The number of nitro groups is 1. The predicted molar refractivity (Wildman–Crippen MR) is 86.8 cm³/mol. The lowest BCUT2D eigenvalue weighted by Gasteiger charge is -2.27. The molecular formula is C15H18N2O5S. The van der Waals surface area contributed by atoms with Crippen LogP contribution in [0.15, 0.2) is 35.7 Å². The lowest BCUT2D eigenvalue weighted by molar-refractivity contribution is -0.384. The Hall–Kier alpha value is -2.22. The van der Waals surface area contributed by atoms with E-state index in [-0.39, 0.29) is 23.8 Å². The molecule has 8 heteroatoms. The molecule has 0 fully saturated rings. The van der Waals surface area contributed by atoms with Crippen molar-refractivity contribution < 1.29 is 18.1 Å². The number of anilines is 1. The van der Waals surface area contributed by atoms with Crippen LogP contribution in [0.5, 0.6) is 0 Å². The van der Waals surface area contributed by atoms with Crippen LogP contribution in [0.25, 0.3) is 0 Å². The fourth-order valence-electron chi connectivity index (χ4n) is 2.45. The zero-order valence-corrected chi connectivity index (χ0v) is 13.5. The first-order valence-corrected chi connectivity index (χ1v) is 9.03. The highest BCUT2D eigenvalue weighted by molar-refractivity contribution is 7.94. The summed E-state index contributed by atoms with van der Waals surface area (Å²) in [5, 5.41) is 12.0. The summed E-state index contributed by atoms with van der Waals surface area (Å²) in [5.41, 5.74) is 0.202. The van der Waals surface area contributed by atoms with Crippen LogP contribution in [-0.2, 0) is 14.6 Å². The summed E-state index contributed by atoms with van der Waals surface area (Å²) in [5.74, 6) is -0.438. The summed E-state index contributed by atoms with van der Waals surface area (Å²) >= 11 is 0. The molecular weight excluding hydrogens is 320 g/mol. The molecule has 0 saturated heterocycles. The quantitative estimate of drug-likeness (QED) is 0.586. The number of non-ortho nitro benzene ring substituents is 1. The van der Waals surface area contributed by atoms with E-state index < -0.39 is 20.8 Å². The van der Waals surface area contributed by atoms with Gasteiger partial charge in [0.15, 0.2) is 9.84 Å². The Morgan fingerprint density at radius 3 is 2.74 bits per heavy atom. The minimum absolute atomic E-state index is 0.138. The third kappa shape index (κ3) is 4.16. The third-order valence-electron chi connectivity index (χ3n) is 3.57. The molecule has 0 aliphatic carbocycles. The van der Waals surface area contributed by atoms with E-state index in [9.17, 15) is 23.3 Å². The van der Waals surface area contributed by atoms with Gasteiger partial charge in [0, 0.05) is 24.0 Å². The topological polar surface area (TPSA) is 97.6 Å². The van der Waals surface area contributed by atoms with Crippen molar-refractivity contribution in [2.75, 3.05) is 10.7 Å². The van der Waals surface area contributed by atoms with Gasteiger partial charge in [0.05, 0.1) is 22.4 Å². The standard InChI is InChI=1S/C15H18N2O5S/c1-2-3-7-15(18)16(14-8-9-23(21,22)11-14)12-5-4-6-13(10-12)17(19)20/h4-6,8-10,14H,2-3,7,11H2,1H3. The highest BCUT2D eigenvalue weighted by atomic mass is 32.2. The van der Waals surface area contributed by atoms with Gasteiger partial charge in [0.2, 0.25) is 5.91 Å². The first kappa shape index (κ1) is 17.1. The van der Waals surface area contributed by atoms with Crippen LogP contribution < -0.4 is 4.90 Å². The molecule has 0 spiro atoms. The van der Waals surface area contributed by atoms with Gasteiger partial charge in [-0.05, 0) is 18.6 Å². The van der Waals surface area contributed by atoms with Gasteiger partial charge in [-0.15, -0.1) is 0 Å². The van der Waals surface area contributed by atoms with Crippen LogP contribution in [0.3, 0.4) is 0 Å². The molecule has 1 aromatic carbocycles. The molecule has 0 bridgehead atoms. The van der Waals surface area contributed by atoms with Gasteiger partial charge in [-0.1, -0.05) is 19.4 Å². The van der Waals surface area contributed by atoms with Gasteiger partial charge in [0.1, 0.15) is 0 Å². The fraction of sp³-hybridized carbons (Fsp3) is 0.400. The van der Waals surface area contributed by atoms with Gasteiger partial charge < -0.3 is 4.90 Å². The first-order valence-electron chi connectivity index (χ1n) is 7.31. The van der Waals surface area contributed by atoms with E-state index >= 15 is 0 Å². The summed E-state index contributed by atoms with van der Waals surface area (Å²) in [6.45, 7) is 1.95. The highest BCUT2D eigenvalue weighted by Crippen LogP contribution is 2.27. The Morgan fingerprint density at radius 2 is 2.17 bits per heavy atom. The van der Waals surface area contributed by atoms with Crippen LogP contribution in [-0.4, -0.2) is 31.0 Å². The molecule has 0 N–H and O–H groups in total. The number of benzene rings is 1. The number of hydrogen-bond acceptors (Lipinski definition) is 5. The summed E-state index contributed by atoms with van der Waals surface area (Å²) in [7, 11) is -3.34. The highest BCUT2D eigenvalue weighted by Gasteiger charge is 2.31. The van der Waals surface area contributed by atoms with Crippen LogP contribution in [0, 0.1) is 10.1 Å². The lowest BCUT2D eigenvalue weighted by atomic mass is 10.1. The number of rotatable bonds is 6. The minimum Gasteiger partial charge on any atom is -0.304 e. The van der Waals surface area contributed by atoms with Crippen molar-refractivity contribution in [3.63, 3.8) is 0 Å². The Labute approximate surface area is 134 Å². The molecule has 1 unspecified atom stereocenters. The van der Waals surface area contributed by atoms with Crippen LogP contribution in [0.1, 0.15) is 26.2 Å². The second-order valence-electron chi connectivity index (χ2n) is 5.37. The Morgan fingerprint density at radius 1 is 1.43 bits per heavy atom. The monoisotopic (exact) mass is 338 g/mol. The zero-order chi connectivity index (χ0) is 17.0. The number of carbonyl (C=O) groups is 1. The van der Waals surface area contributed by atoms with Crippen molar-refractivity contribution >= 4 is 27.1 Å². The third-order valence-corrected chi connectivity index (χ3v) is 4.95. The van der Waals surface area contributed by atoms with Gasteiger partial charge in [-0.2, -0.15) is 0 Å². The predicted octanol–water partition coefficient (Wildman–Crippen LogP) is 2.43. The summed E-state index contributed by atoms with van der Waals surface area (Å²) in [6.07, 6.45) is 3.22. The van der Waals surface area contributed by atoms with E-state index in [0.29, 0.717) is 12.1 Å². The smallest absolute Gasteiger partial charge is 0.271 e. The van der Waals surface area contributed by atoms with Gasteiger partial charge >= 0.3 is 0 Å². The van der Waals surface area contributed by atoms with Crippen molar-refractivity contribution in [2.45, 2.75) is 32.2 Å². The number of amides is 1. The fourth-order valence-corrected chi connectivity index (χ4v) is 3.71. The molecule has 0 aromatic heterocycles. The van der Waals surface area contributed by atoms with Crippen molar-refractivity contribution in [2.24, 2.45) is 0 Å². The normalized spacial score (nSPS) is 18.7. The van der Waals surface area contributed by atoms with E-state index in [0.717, 1.165) is 11.8 Å². The minimum atomic E-state index is -3.34. The second-order valence-corrected chi connectivity index (χ2v) is 7.30. The SMILES string of the molecule is CCCCC(=O)N(c1cccc([N+](=O)[O-])c1)C1C=CS(=O)(=O)C1. The Bertz CT molecular complexity index is 742. The number of carbonyl (C=O) groups excluding carboxylic acids is 1. The molecule has 0 radical (unpaired) electrons. The van der Waals surface area contributed by atoms with Crippen molar-refractivity contribution in [3.8, 4) is 0 Å². The van der Waals surface area contributed by atoms with Crippen molar-refractivity contribution in [1.82, 2.24) is 0 Å². The zero-order valence-electron chi connectivity index (χ0n) is 12.7. The maximum absolute atomic E-state index is 12.5. The van der Waals surface area contributed by atoms with E-state index in [2.05, 4.69) is 0 Å². The van der Waals surface area contributed by atoms with E-state index in [1.807, 2.05) is 6.92 Å². The van der Waals surface area contributed by atoms with Crippen LogP contribution >= 0.6 is 0 Å². The molecule has 7 nitrogen and oxygen atoms in total. The van der Waals surface area contributed by atoms with Gasteiger partial charge in [-0.25, -0.2) is 8.42 Å². The molecule has 1 aliphatic heterocycles. The summed E-state index contributed by atoms with van der Waals surface area (Å²) in [4.78, 5) is 24.3. The number of unbranched alkanes of at least 4 members (excludes halogenated alkanes) is 1. The van der Waals surface area contributed by atoms with Gasteiger partial charge in [0.25, 0.3) is 5.69 Å². The molecule has 1 heterocycles. The molecule has 1 atom stereocenters. The number of sulfone groups is 1. The molecule has 124 valence electrons. The Kier molecular flexibility index (Phi) is 5.15. The molecule has 1 aromatic rings. The van der Waals surface area contributed by atoms with Crippen molar-refractivity contribution in [3.05, 3.63) is 45.9 Å². The largest absolute Gasteiger partial charge is 0.304 e. The number of nitrogens with zero attached hydrogens (tertiary/aromatic N) is 2. The van der Waals surface area contributed by atoms with E-state index in [4.69, 9.17) is 0 Å². The number of nitro benzene ring substituents is 1. The summed E-state index contributed by atoms with van der Waals surface area (Å²) in [6, 6.07) is 5.06. The maximum atomic E-state index is 12.5. The van der Waals surface area contributed by atoms with Gasteiger partial charge in [-0.3, -0.25) is 14.9 Å². The van der Waals surface area contributed by atoms with E-state index in [1.165, 1.54) is 29.2 Å².